The van der Waals surface area contributed by atoms with E-state index in [1.807, 2.05) is 13.0 Å². The zero-order chi connectivity index (χ0) is 55.8. The number of alkyl carbamates (subject to hydrolysis) is 1. The Morgan fingerprint density at radius 1 is 1.08 bits per heavy atom. The molecule has 6 rings (SSSR count). The summed E-state index contributed by atoms with van der Waals surface area (Å²) >= 11 is 8.00. The number of esters is 1. The second-order valence-corrected chi connectivity index (χ2v) is 22.7. The predicted molar refractivity (Wildman–Crippen MR) is 281 cm³/mol. The third-order valence-corrected chi connectivity index (χ3v) is 17.2. The number of benzene rings is 1. The van der Waals surface area contributed by atoms with E-state index in [2.05, 4.69) is 10.6 Å². The smallest absolute Gasteiger partial charge is 0.409 e. The Bertz CT molecular complexity index is 2420. The number of rotatable bonds is 18. The number of allylic oxidation sites excluding steroid dienone is 3. The maximum atomic E-state index is 14.4. The average molecular weight is 1100 g/mol. The van der Waals surface area contributed by atoms with Crippen molar-refractivity contribution in [1.29, 1.82) is 0 Å². The molecule has 2 unspecified atom stereocenters. The second-order valence-electron chi connectivity index (χ2n) is 21.0. The monoisotopic (exact) mass is 1100 g/mol. The Hall–Kier alpha value is -5.26. The van der Waals surface area contributed by atoms with Crippen LogP contribution in [0, 0.1) is 17.8 Å². The van der Waals surface area contributed by atoms with E-state index in [9.17, 15) is 48.6 Å². The number of unbranched alkanes of at least 4 members (excludes halogenated alkanes) is 1. The molecule has 3 saturated heterocycles. The van der Waals surface area contributed by atoms with Gasteiger partial charge in [0.15, 0.2) is 5.72 Å². The number of likely N-dealkylation sites (tertiary alicyclic amines) is 1. The number of aliphatic hydroxyl groups is 1. The van der Waals surface area contributed by atoms with E-state index in [-0.39, 0.29) is 66.1 Å². The minimum atomic E-state index is -1.89. The van der Waals surface area contributed by atoms with E-state index in [4.69, 9.17) is 41.0 Å². The van der Waals surface area contributed by atoms with E-state index < -0.39 is 95.3 Å². The van der Waals surface area contributed by atoms with E-state index >= 15 is 0 Å². The molecule has 0 aromatic heterocycles. The van der Waals surface area contributed by atoms with Crippen molar-refractivity contribution >= 4 is 76.6 Å². The SMILES string of the molecule is COc1cc2cc(c1Cl)N(C)C(=O)C[C@H](OC(=O)[C@H](C)N(C)C(=O)CCSC1CC(=O)N(CC3CCC(C(=O)NC(CCCCN)C(=O)O)CC3)C1=O)[C@]1(C)O[C@H]1[C@H](C)[C@@H]1C[C@@](O)(NC(=O)O1)[C@H](OC)/C=C/C=C(\C)C2. The first kappa shape index (κ1) is 60.0. The Balaban J connectivity index is 1.09. The number of halogens is 1. The molecule has 5 aliphatic rings. The van der Waals surface area contributed by atoms with Crippen molar-refractivity contribution in [1.82, 2.24) is 20.4 Å². The van der Waals surface area contributed by atoms with Gasteiger partial charge in [-0.2, -0.15) is 0 Å². The highest BCUT2D eigenvalue weighted by Crippen LogP contribution is 2.49. The van der Waals surface area contributed by atoms with Gasteiger partial charge < -0.3 is 54.7 Å². The number of carboxylic acid groups (broad SMARTS) is 1. The number of aliphatic carboxylic acids is 1. The lowest BCUT2D eigenvalue weighted by Gasteiger charge is -2.42. The number of nitrogens with one attached hydrogen (secondary N) is 2. The molecular formula is C53H75ClN6O15S. The quantitative estimate of drug-likeness (QED) is 0.0594. The number of ether oxygens (including phenoxy) is 5. The molecule has 10 atom stereocenters. The number of carbonyl (C=O) groups excluding carboxylic acids is 7. The summed E-state index contributed by atoms with van der Waals surface area (Å²) in [5.74, 6) is -4.33. The highest BCUT2D eigenvalue weighted by Gasteiger charge is 2.64. The molecule has 1 saturated carbocycles. The second kappa shape index (κ2) is 25.9. The lowest BCUT2D eigenvalue weighted by atomic mass is 9.81. The molecular weight excluding hydrogens is 1030 g/mol. The van der Waals surface area contributed by atoms with Gasteiger partial charge in [-0.25, -0.2) is 14.4 Å². The molecule has 4 aliphatic heterocycles. The van der Waals surface area contributed by atoms with Gasteiger partial charge in [0, 0.05) is 64.6 Å². The van der Waals surface area contributed by atoms with Crippen LogP contribution in [-0.2, 0) is 58.9 Å². The van der Waals surface area contributed by atoms with Crippen molar-refractivity contribution < 1.29 is 72.3 Å². The molecule has 0 radical (unpaired) electrons. The fourth-order valence-corrected chi connectivity index (χ4v) is 12.0. The van der Waals surface area contributed by atoms with Gasteiger partial charge in [-0.3, -0.25) is 34.2 Å². The molecule has 4 heterocycles. The van der Waals surface area contributed by atoms with Crippen LogP contribution in [0.2, 0.25) is 5.02 Å². The van der Waals surface area contributed by atoms with Crippen LogP contribution < -0.4 is 26.0 Å². The zero-order valence-electron chi connectivity index (χ0n) is 44.7. The maximum absolute atomic E-state index is 14.4. The number of thioether (sulfide) groups is 1. The van der Waals surface area contributed by atoms with Crippen molar-refractivity contribution in [2.75, 3.05) is 52.1 Å². The third-order valence-electron chi connectivity index (χ3n) is 15.6. The average Bonchev–Trinajstić information content (AvgIpc) is 4.01. The van der Waals surface area contributed by atoms with Crippen LogP contribution in [-0.4, -0.2) is 168 Å². The number of likely N-dealkylation sites (N-methyl/N-ethyl adjacent to an activating group) is 1. The summed E-state index contributed by atoms with van der Waals surface area (Å²) in [5, 5.41) is 26.1. The van der Waals surface area contributed by atoms with Crippen LogP contribution >= 0.6 is 23.4 Å². The Morgan fingerprint density at radius 2 is 1.79 bits per heavy atom. The fourth-order valence-electron chi connectivity index (χ4n) is 10.6. The van der Waals surface area contributed by atoms with Crippen molar-refractivity contribution in [3.8, 4) is 5.75 Å². The van der Waals surface area contributed by atoms with Gasteiger partial charge in [0.25, 0.3) is 0 Å². The summed E-state index contributed by atoms with van der Waals surface area (Å²) in [6.45, 7) is 7.47. The standard InChI is InChI=1S/C53H75ClN6O15S/c1-29-12-11-14-40(72-8)53(70)27-38(73-51(69)57-53)30(2)46-52(4,75-46)41(26-43(62)59(6)36-23-33(22-29)24-37(71-7)45(36)54)74-50(68)31(3)58(5)42(61)19-21-76-39-25-44(63)60(48(39)65)28-32-15-17-34(18-16-32)47(64)56-35(49(66)67)13-9-10-20-55/h11-12,14,23-24,30-32,34-35,38-41,46,70H,9-10,13,15-22,25-28,55H2,1-8H3,(H,56,64)(H,57,69)(H,66,67)/b14-11+,29-12+/t30-,31+,32?,34?,35?,38+,39?,40-,41+,46+,52+,53+/m1/s1. The lowest BCUT2D eigenvalue weighted by molar-refractivity contribution is -0.162. The van der Waals surface area contributed by atoms with Gasteiger partial charge in [-0.1, -0.05) is 42.3 Å². The number of hydrogen-bond acceptors (Lipinski definition) is 16. The topological polar surface area (TPSA) is 286 Å². The molecule has 420 valence electrons. The van der Waals surface area contributed by atoms with Crippen LogP contribution in [0.5, 0.6) is 5.75 Å². The summed E-state index contributed by atoms with van der Waals surface area (Å²) in [4.78, 5) is 110. The summed E-state index contributed by atoms with van der Waals surface area (Å²) < 4.78 is 29.4. The number of carbonyl (C=O) groups is 8. The van der Waals surface area contributed by atoms with Gasteiger partial charge in [0.05, 0.1) is 30.6 Å². The normalized spacial score (nSPS) is 30.9. The number of nitrogens with two attached hydrogens (primary N) is 1. The number of imide groups is 1. The maximum Gasteiger partial charge on any atom is 0.409 e. The molecule has 1 aliphatic carbocycles. The van der Waals surface area contributed by atoms with Gasteiger partial charge in [-0.05, 0) is 102 Å². The first-order valence-electron chi connectivity index (χ1n) is 26.0. The number of anilines is 1. The molecule has 6 N–H and O–H groups in total. The third kappa shape index (κ3) is 14.3. The summed E-state index contributed by atoms with van der Waals surface area (Å²) in [5.41, 5.74) is 4.31. The van der Waals surface area contributed by atoms with Gasteiger partial charge in [0.2, 0.25) is 29.5 Å². The summed E-state index contributed by atoms with van der Waals surface area (Å²) in [6, 6.07) is 1.38. The number of nitrogens with zero attached hydrogens (tertiary/aromatic N) is 3. The van der Waals surface area contributed by atoms with E-state index in [0.29, 0.717) is 69.3 Å². The number of methoxy groups -OCH3 is 2. The van der Waals surface area contributed by atoms with E-state index in [1.54, 1.807) is 45.2 Å². The van der Waals surface area contributed by atoms with Crippen molar-refractivity contribution in [3.63, 3.8) is 0 Å². The number of hydrogen-bond donors (Lipinski definition) is 5. The molecule has 4 fully saturated rings. The summed E-state index contributed by atoms with van der Waals surface area (Å²) in [6.07, 6.45) is 3.91. The zero-order valence-corrected chi connectivity index (χ0v) is 46.2. The molecule has 23 heteroatoms. The van der Waals surface area contributed by atoms with Crippen LogP contribution in [0.1, 0.15) is 104 Å². The lowest BCUT2D eigenvalue weighted by Crippen LogP contribution is -2.63. The number of epoxide rings is 1. The number of carboxylic acids is 1. The minimum Gasteiger partial charge on any atom is -0.495 e. The van der Waals surface area contributed by atoms with Crippen molar-refractivity contribution in [2.24, 2.45) is 23.5 Å². The molecule has 1 aromatic rings. The van der Waals surface area contributed by atoms with Crippen molar-refractivity contribution in [2.45, 2.75) is 158 Å². The van der Waals surface area contributed by atoms with Crippen LogP contribution in [0.4, 0.5) is 10.5 Å². The number of amides is 6. The first-order valence-corrected chi connectivity index (χ1v) is 27.4. The Kier molecular flexibility index (Phi) is 20.5. The van der Waals surface area contributed by atoms with Crippen LogP contribution in [0.3, 0.4) is 0 Å². The largest absolute Gasteiger partial charge is 0.495 e. The molecule has 4 bridgehead atoms. The molecule has 6 amide bonds. The van der Waals surface area contributed by atoms with E-state index in [0.717, 1.165) is 11.1 Å². The molecule has 21 nitrogen and oxygen atoms in total. The molecule has 0 spiro atoms. The first-order chi connectivity index (χ1) is 35.9. The molecule has 76 heavy (non-hydrogen) atoms. The van der Waals surface area contributed by atoms with Crippen molar-refractivity contribution in [3.05, 3.63) is 46.5 Å². The molecule has 1 aromatic carbocycles. The van der Waals surface area contributed by atoms with Crippen LogP contribution in [0.25, 0.3) is 0 Å². The van der Waals surface area contributed by atoms with Gasteiger partial charge >= 0.3 is 18.0 Å². The Labute approximate surface area is 453 Å². The van der Waals surface area contributed by atoms with Gasteiger partial charge in [0.1, 0.15) is 46.8 Å². The fraction of sp³-hybridized carbons (Fsp3) is 0.660. The van der Waals surface area contributed by atoms with E-state index in [1.165, 1.54) is 54.7 Å². The highest BCUT2D eigenvalue weighted by atomic mass is 35.5. The highest BCUT2D eigenvalue weighted by molar-refractivity contribution is 8.00. The van der Waals surface area contributed by atoms with Crippen LogP contribution in [0.15, 0.2) is 35.9 Å². The van der Waals surface area contributed by atoms with Gasteiger partial charge in [-0.15, -0.1) is 11.8 Å². The Morgan fingerprint density at radius 3 is 2.45 bits per heavy atom. The number of fused-ring (bicyclic) bond motifs is 5. The minimum absolute atomic E-state index is 0.0169. The summed E-state index contributed by atoms with van der Waals surface area (Å²) in [7, 11) is 5.85. The predicted octanol–water partition coefficient (Wildman–Crippen LogP) is 4.27.